The van der Waals surface area contributed by atoms with Gasteiger partial charge >= 0.3 is 0 Å². The van der Waals surface area contributed by atoms with Crippen LogP contribution in [0.3, 0.4) is 0 Å². The molecule has 3 N–H and O–H groups in total. The second kappa shape index (κ2) is 9.29. The number of hydrogen-bond acceptors (Lipinski definition) is 8. The molecule has 7 nitrogen and oxygen atoms in total. The molecule has 0 spiro atoms. The summed E-state index contributed by atoms with van der Waals surface area (Å²) in [6.45, 7) is 3.09. The zero-order chi connectivity index (χ0) is 19.9. The van der Waals surface area contributed by atoms with Gasteiger partial charge in [0.05, 0.1) is 28.7 Å². The number of nitrogens with zero attached hydrogens (tertiary/aromatic N) is 3. The largest absolute Gasteiger partial charge is 0.491 e. The van der Waals surface area contributed by atoms with Crippen LogP contribution in [0.25, 0.3) is 21.3 Å². The van der Waals surface area contributed by atoms with E-state index in [0.717, 1.165) is 32.0 Å². The Balaban J connectivity index is 2.04. The fraction of sp³-hybridized carbons (Fsp3) is 0.250. The van der Waals surface area contributed by atoms with E-state index >= 15 is 0 Å². The first-order valence-electron chi connectivity index (χ1n) is 8.76. The SMILES string of the molecule is CN=CC(=CN)Nc1ncc2sc(C)c(-c3ccccc3OCCOC)c2n1. The molecule has 1 aromatic carbocycles. The zero-order valence-electron chi connectivity index (χ0n) is 16.1. The number of rotatable bonds is 8. The minimum Gasteiger partial charge on any atom is -0.491 e. The summed E-state index contributed by atoms with van der Waals surface area (Å²) >= 11 is 1.66. The van der Waals surface area contributed by atoms with Crippen LogP contribution in [0.5, 0.6) is 5.75 Å². The van der Waals surface area contributed by atoms with Crippen LogP contribution in [0.4, 0.5) is 5.95 Å². The molecular weight excluding hydrogens is 374 g/mol. The van der Waals surface area contributed by atoms with E-state index < -0.39 is 0 Å². The smallest absolute Gasteiger partial charge is 0.227 e. The van der Waals surface area contributed by atoms with Crippen molar-refractivity contribution in [2.75, 3.05) is 32.7 Å². The molecule has 0 unspecified atom stereocenters. The van der Waals surface area contributed by atoms with Crippen molar-refractivity contribution in [3.05, 3.63) is 47.2 Å². The molecule has 0 atom stereocenters. The van der Waals surface area contributed by atoms with E-state index in [-0.39, 0.29) is 0 Å². The first kappa shape index (κ1) is 19.8. The monoisotopic (exact) mass is 397 g/mol. The maximum atomic E-state index is 5.93. The van der Waals surface area contributed by atoms with Crippen molar-refractivity contribution in [1.82, 2.24) is 9.97 Å². The quantitative estimate of drug-likeness (QED) is 0.445. The molecule has 0 fully saturated rings. The number of allylic oxidation sites excluding steroid dienone is 1. The maximum Gasteiger partial charge on any atom is 0.227 e. The van der Waals surface area contributed by atoms with Crippen LogP contribution in [-0.4, -0.2) is 43.6 Å². The van der Waals surface area contributed by atoms with Crippen molar-refractivity contribution in [3.8, 4) is 16.9 Å². The first-order chi connectivity index (χ1) is 13.7. The average molecular weight is 398 g/mol. The summed E-state index contributed by atoms with van der Waals surface area (Å²) in [5.41, 5.74) is 9.16. The molecule has 3 aromatic rings. The lowest BCUT2D eigenvalue weighted by Gasteiger charge is -2.12. The molecule has 146 valence electrons. The number of hydrogen-bond donors (Lipinski definition) is 2. The predicted octanol–water partition coefficient (Wildman–Crippen LogP) is 3.60. The van der Waals surface area contributed by atoms with Crippen molar-refractivity contribution < 1.29 is 9.47 Å². The Kier molecular flexibility index (Phi) is 6.57. The van der Waals surface area contributed by atoms with Crippen molar-refractivity contribution in [3.63, 3.8) is 0 Å². The van der Waals surface area contributed by atoms with E-state index in [1.807, 2.05) is 30.5 Å². The van der Waals surface area contributed by atoms with E-state index in [4.69, 9.17) is 20.2 Å². The third-order valence-corrected chi connectivity index (χ3v) is 5.04. The molecule has 0 saturated heterocycles. The molecule has 0 bridgehead atoms. The molecule has 28 heavy (non-hydrogen) atoms. The standard InChI is InChI=1S/C20H23N5O2S/c1-13-18(15-6-4-5-7-16(15)27-9-8-26-3)19-17(28-13)12-23-20(25-19)24-14(10-21)11-22-2/h4-7,10-12H,8-9,21H2,1-3H3,(H,23,24,25). The van der Waals surface area contributed by atoms with Gasteiger partial charge in [-0.2, -0.15) is 0 Å². The molecule has 0 aliphatic heterocycles. The number of benzene rings is 1. The van der Waals surface area contributed by atoms with Gasteiger partial charge in [0.1, 0.15) is 12.4 Å². The second-order valence-corrected chi connectivity index (χ2v) is 7.17. The summed E-state index contributed by atoms with van der Waals surface area (Å²) in [5, 5.41) is 3.09. The van der Waals surface area contributed by atoms with Gasteiger partial charge in [-0.25, -0.2) is 9.97 Å². The number of methoxy groups -OCH3 is 1. The number of thiophene rings is 1. The second-order valence-electron chi connectivity index (χ2n) is 5.91. The summed E-state index contributed by atoms with van der Waals surface area (Å²) in [5.74, 6) is 1.26. The molecule has 2 heterocycles. The molecule has 0 aliphatic rings. The molecule has 2 aromatic heterocycles. The molecule has 8 heteroatoms. The normalized spacial score (nSPS) is 12.0. The predicted molar refractivity (Wildman–Crippen MR) is 115 cm³/mol. The van der Waals surface area contributed by atoms with E-state index in [1.54, 1.807) is 31.7 Å². The molecule has 0 saturated carbocycles. The Morgan fingerprint density at radius 2 is 2.14 bits per heavy atom. The van der Waals surface area contributed by atoms with Gasteiger partial charge in [0.15, 0.2) is 0 Å². The number of anilines is 1. The van der Waals surface area contributed by atoms with Crippen LogP contribution < -0.4 is 15.8 Å². The van der Waals surface area contributed by atoms with Crippen molar-refractivity contribution in [2.45, 2.75) is 6.92 Å². The summed E-state index contributed by atoms with van der Waals surface area (Å²) in [7, 11) is 3.33. The highest BCUT2D eigenvalue weighted by Gasteiger charge is 2.17. The van der Waals surface area contributed by atoms with Crippen molar-refractivity contribution in [2.24, 2.45) is 10.7 Å². The molecule has 0 amide bonds. The van der Waals surface area contributed by atoms with Crippen LogP contribution in [0, 0.1) is 6.92 Å². The zero-order valence-corrected chi connectivity index (χ0v) is 16.9. The van der Waals surface area contributed by atoms with Crippen LogP contribution in [-0.2, 0) is 4.74 Å². The fourth-order valence-electron chi connectivity index (χ4n) is 2.80. The minimum absolute atomic E-state index is 0.459. The number of aryl methyl sites for hydroxylation is 1. The highest BCUT2D eigenvalue weighted by atomic mass is 32.1. The van der Waals surface area contributed by atoms with Gasteiger partial charge in [-0.3, -0.25) is 4.99 Å². The topological polar surface area (TPSA) is 94.7 Å². The van der Waals surface area contributed by atoms with Crippen LogP contribution in [0.15, 0.2) is 47.4 Å². The highest BCUT2D eigenvalue weighted by Crippen LogP contribution is 2.41. The highest BCUT2D eigenvalue weighted by molar-refractivity contribution is 7.19. The molecule has 3 rings (SSSR count). The van der Waals surface area contributed by atoms with Crippen LogP contribution in [0.2, 0.25) is 0 Å². The molecule has 0 aliphatic carbocycles. The van der Waals surface area contributed by atoms with Crippen molar-refractivity contribution in [1.29, 1.82) is 0 Å². The van der Waals surface area contributed by atoms with E-state index in [9.17, 15) is 0 Å². The van der Waals surface area contributed by atoms with Crippen molar-refractivity contribution >= 4 is 33.7 Å². The number of nitrogens with one attached hydrogen (secondary N) is 1. The Morgan fingerprint density at radius 3 is 2.89 bits per heavy atom. The lowest BCUT2D eigenvalue weighted by molar-refractivity contribution is 0.146. The van der Waals surface area contributed by atoms with Crippen LogP contribution in [0.1, 0.15) is 4.88 Å². The minimum atomic E-state index is 0.459. The van der Waals surface area contributed by atoms with Gasteiger partial charge < -0.3 is 20.5 Å². The Hall–Kier alpha value is -2.97. The lowest BCUT2D eigenvalue weighted by Crippen LogP contribution is -2.07. The number of ether oxygens (including phenoxy) is 2. The maximum absolute atomic E-state index is 5.93. The number of nitrogens with two attached hydrogens (primary N) is 1. The third kappa shape index (κ3) is 4.29. The number of aromatic nitrogens is 2. The van der Waals surface area contributed by atoms with E-state index in [1.165, 1.54) is 6.20 Å². The van der Waals surface area contributed by atoms with Gasteiger partial charge in [-0.15, -0.1) is 11.3 Å². The Morgan fingerprint density at radius 1 is 1.32 bits per heavy atom. The fourth-order valence-corrected chi connectivity index (χ4v) is 3.79. The Bertz CT molecular complexity index is 1010. The van der Waals surface area contributed by atoms with E-state index in [0.29, 0.717) is 24.9 Å². The third-order valence-electron chi connectivity index (χ3n) is 4.01. The van der Waals surface area contributed by atoms with Gasteiger partial charge in [-0.05, 0) is 13.0 Å². The van der Waals surface area contributed by atoms with Gasteiger partial charge in [0.25, 0.3) is 0 Å². The lowest BCUT2D eigenvalue weighted by atomic mass is 10.0. The number of aliphatic imine (C=N–C) groups is 1. The summed E-state index contributed by atoms with van der Waals surface area (Å²) in [6.07, 6.45) is 4.86. The molecule has 0 radical (unpaired) electrons. The van der Waals surface area contributed by atoms with Gasteiger partial charge in [-0.1, -0.05) is 18.2 Å². The summed E-state index contributed by atoms with van der Waals surface area (Å²) < 4.78 is 12.0. The first-order valence-corrected chi connectivity index (χ1v) is 9.58. The average Bonchev–Trinajstić information content (AvgIpc) is 3.03. The number of para-hydroxylation sites is 1. The van der Waals surface area contributed by atoms with Crippen LogP contribution >= 0.6 is 11.3 Å². The van der Waals surface area contributed by atoms with Gasteiger partial charge in [0, 0.05) is 42.6 Å². The van der Waals surface area contributed by atoms with E-state index in [2.05, 4.69) is 22.2 Å². The number of fused-ring (bicyclic) bond motifs is 1. The molecular formula is C20H23N5O2S. The van der Waals surface area contributed by atoms with Gasteiger partial charge in [0.2, 0.25) is 5.95 Å². The summed E-state index contributed by atoms with van der Waals surface area (Å²) in [6, 6.07) is 7.96. The summed E-state index contributed by atoms with van der Waals surface area (Å²) in [4.78, 5) is 14.2. The Labute approximate surface area is 167 Å².